The van der Waals surface area contributed by atoms with Gasteiger partial charge in [0, 0.05) is 45.1 Å². The number of hydrogen-bond acceptors (Lipinski definition) is 15. The number of likely N-dealkylation sites (tertiary alicyclic amines) is 1. The van der Waals surface area contributed by atoms with Crippen LogP contribution in [-0.2, 0) is 42.7 Å². The molecule has 4 rings (SSSR count). The van der Waals surface area contributed by atoms with Crippen molar-refractivity contribution in [1.29, 1.82) is 0 Å². The van der Waals surface area contributed by atoms with Gasteiger partial charge < -0.3 is 63.4 Å². The normalized spacial score (nSPS) is 44.3. The van der Waals surface area contributed by atoms with E-state index < -0.39 is 103 Å². The van der Waals surface area contributed by atoms with Crippen molar-refractivity contribution in [3.63, 3.8) is 0 Å². The molecule has 0 aromatic heterocycles. The van der Waals surface area contributed by atoms with Crippen LogP contribution in [0.25, 0.3) is 0 Å². The fraction of sp³-hybridized carbons (Fsp3) is 0.870. The summed E-state index contributed by atoms with van der Waals surface area (Å²) in [7, 11) is 6.54. The predicted octanol–water partition coefficient (Wildman–Crippen LogP) is 3.34. The van der Waals surface area contributed by atoms with Crippen molar-refractivity contribution in [1.82, 2.24) is 9.80 Å². The lowest BCUT2D eigenvalue weighted by atomic mass is 9.79. The Morgan fingerprint density at radius 3 is 2.05 bits per heavy atom. The molecule has 0 saturated carbocycles. The second kappa shape index (κ2) is 23.9. The number of carbonyl (C=O) groups excluding carboxylic acids is 2. The number of aliphatic hydroxyl groups excluding tert-OH is 4. The van der Waals surface area contributed by atoms with Gasteiger partial charge in [0.15, 0.2) is 18.4 Å². The van der Waals surface area contributed by atoms with Crippen LogP contribution in [0.4, 0.5) is 0 Å². The molecule has 19 atom stereocenters. The molecule has 19 unspecified atom stereocenters. The van der Waals surface area contributed by atoms with E-state index in [1.54, 1.807) is 45.0 Å². The van der Waals surface area contributed by atoms with Crippen molar-refractivity contribution >= 4 is 11.8 Å². The quantitative estimate of drug-likeness (QED) is 0.209. The van der Waals surface area contributed by atoms with Crippen molar-refractivity contribution in [3.8, 4) is 0 Å². The van der Waals surface area contributed by atoms with Gasteiger partial charge in [-0.15, -0.1) is 0 Å². The van der Waals surface area contributed by atoms with Crippen molar-refractivity contribution in [2.45, 2.75) is 167 Å². The van der Waals surface area contributed by atoms with E-state index in [2.05, 4.69) is 18.7 Å². The molecule has 0 radical (unpaired) electrons. The molecule has 0 aromatic carbocycles. The van der Waals surface area contributed by atoms with E-state index in [1.165, 1.54) is 20.6 Å². The number of piperidine rings is 1. The number of likely N-dealkylation sites (N-methyl/N-ethyl adjacent to an activating group) is 1. The summed E-state index contributed by atoms with van der Waals surface area (Å²) in [5.74, 6) is -1.46. The molecule has 3 fully saturated rings. The summed E-state index contributed by atoms with van der Waals surface area (Å²) in [4.78, 5) is 32.1. The summed E-state index contributed by atoms with van der Waals surface area (Å²) >= 11 is 0. The van der Waals surface area contributed by atoms with Crippen molar-refractivity contribution in [3.05, 3.63) is 23.8 Å². The highest BCUT2D eigenvalue weighted by Gasteiger charge is 2.48. The van der Waals surface area contributed by atoms with Crippen molar-refractivity contribution in [2.24, 2.45) is 35.5 Å². The van der Waals surface area contributed by atoms with E-state index in [4.69, 9.17) is 33.2 Å². The molecule has 0 aromatic rings. The number of rotatable bonds is 12. The van der Waals surface area contributed by atoms with E-state index in [0.717, 1.165) is 25.2 Å². The number of carbonyl (C=O) groups is 2. The molecule has 15 nitrogen and oxygen atoms in total. The second-order valence-corrected chi connectivity index (χ2v) is 18.9. The molecule has 61 heavy (non-hydrogen) atoms. The van der Waals surface area contributed by atoms with Crippen LogP contribution in [0.5, 0.6) is 0 Å². The van der Waals surface area contributed by atoms with E-state index in [1.807, 2.05) is 33.8 Å². The number of cyclic esters (lactones) is 1. The van der Waals surface area contributed by atoms with Crippen molar-refractivity contribution < 1.29 is 63.2 Å². The largest absolute Gasteiger partial charge is 0.462 e. The maximum atomic E-state index is 14.0. The molecular formula is C46H80N2O13. The van der Waals surface area contributed by atoms with Crippen LogP contribution in [0.1, 0.15) is 87.5 Å². The first-order valence-corrected chi connectivity index (χ1v) is 22.6. The smallest absolute Gasteiger partial charge is 0.308 e. The van der Waals surface area contributed by atoms with Crippen molar-refractivity contribution in [2.75, 3.05) is 54.6 Å². The number of aliphatic hydroxyl groups is 4. The average Bonchev–Trinajstić information content (AvgIpc) is 3.19. The van der Waals surface area contributed by atoms with Gasteiger partial charge in [-0.25, -0.2) is 0 Å². The molecular weight excluding hydrogens is 789 g/mol. The van der Waals surface area contributed by atoms with Gasteiger partial charge in [-0.1, -0.05) is 52.3 Å². The molecule has 0 bridgehead atoms. The third-order valence-electron chi connectivity index (χ3n) is 13.5. The minimum absolute atomic E-state index is 0.0427. The zero-order valence-corrected chi connectivity index (χ0v) is 38.9. The van der Waals surface area contributed by atoms with Crippen LogP contribution in [0.2, 0.25) is 0 Å². The highest BCUT2D eigenvalue weighted by atomic mass is 16.7. The summed E-state index contributed by atoms with van der Waals surface area (Å²) < 4.78 is 42.6. The Labute approximate surface area is 365 Å². The SMILES string of the molecule is CCC1OC(=O)CC(O)C(C)C(OC2OC(C)C(O)C(N(C)C)C2O)C(CCN2CC(C)CC(C)C2)CC(C)C(=O)/C=C\C(C)=C\C1COC1OC(C)C(O)C(OC)C1OC. The summed E-state index contributed by atoms with van der Waals surface area (Å²) in [5.41, 5.74) is 0.761. The minimum atomic E-state index is -1.23. The van der Waals surface area contributed by atoms with E-state index in [-0.39, 0.29) is 24.7 Å². The maximum absolute atomic E-state index is 14.0. The fourth-order valence-electron chi connectivity index (χ4n) is 10.0. The first-order chi connectivity index (χ1) is 28.8. The lowest BCUT2D eigenvalue weighted by molar-refractivity contribution is -0.304. The first kappa shape index (κ1) is 51.8. The second-order valence-electron chi connectivity index (χ2n) is 18.9. The van der Waals surface area contributed by atoms with Gasteiger partial charge in [-0.3, -0.25) is 9.59 Å². The van der Waals surface area contributed by atoms with E-state index >= 15 is 0 Å². The van der Waals surface area contributed by atoms with Gasteiger partial charge in [0.25, 0.3) is 0 Å². The number of allylic oxidation sites excluding steroid dienone is 3. The number of methoxy groups -OCH3 is 2. The Morgan fingerprint density at radius 2 is 1.44 bits per heavy atom. The molecule has 15 heteroatoms. The fourth-order valence-corrected chi connectivity index (χ4v) is 10.0. The number of nitrogens with zero attached hydrogens (tertiary/aromatic N) is 2. The molecule has 0 aliphatic carbocycles. The highest BCUT2D eigenvalue weighted by molar-refractivity contribution is 5.91. The van der Waals surface area contributed by atoms with Crippen LogP contribution in [-0.4, -0.2) is 176 Å². The number of hydrogen-bond donors (Lipinski definition) is 4. The Bertz CT molecular complexity index is 1420. The summed E-state index contributed by atoms with van der Waals surface area (Å²) in [6, 6.07) is -0.684. The lowest BCUT2D eigenvalue weighted by Crippen LogP contribution is -2.63. The van der Waals surface area contributed by atoms with Gasteiger partial charge in [0.1, 0.15) is 30.5 Å². The number of ether oxygens (including phenoxy) is 7. The van der Waals surface area contributed by atoms with Gasteiger partial charge >= 0.3 is 5.97 Å². The van der Waals surface area contributed by atoms with Gasteiger partial charge in [0.2, 0.25) is 0 Å². The van der Waals surface area contributed by atoms with E-state index in [9.17, 15) is 30.0 Å². The Kier molecular flexibility index (Phi) is 20.3. The molecule has 0 spiro atoms. The van der Waals surface area contributed by atoms with Crippen LogP contribution in [0.3, 0.4) is 0 Å². The molecule has 352 valence electrons. The highest BCUT2D eigenvalue weighted by Crippen LogP contribution is 2.36. The Hall–Kier alpha value is -1.86. The zero-order chi connectivity index (χ0) is 45.3. The third-order valence-corrected chi connectivity index (χ3v) is 13.5. The molecule has 4 aliphatic heterocycles. The lowest BCUT2D eigenvalue weighted by Gasteiger charge is -2.47. The van der Waals surface area contributed by atoms with Crippen LogP contribution in [0.15, 0.2) is 23.8 Å². The van der Waals surface area contributed by atoms with Gasteiger partial charge in [0.05, 0.1) is 49.6 Å². The summed E-state index contributed by atoms with van der Waals surface area (Å²) in [6.07, 6.45) is -2.96. The third kappa shape index (κ3) is 13.8. The molecule has 3 saturated heterocycles. The number of esters is 1. The predicted molar refractivity (Wildman–Crippen MR) is 229 cm³/mol. The summed E-state index contributed by atoms with van der Waals surface area (Å²) in [5, 5.41) is 45.3. The topological polar surface area (TPSA) is 186 Å². The van der Waals surface area contributed by atoms with Gasteiger partial charge in [-0.05, 0) is 90.9 Å². The number of ketones is 1. The van der Waals surface area contributed by atoms with Gasteiger partial charge in [-0.2, -0.15) is 0 Å². The van der Waals surface area contributed by atoms with Crippen LogP contribution >= 0.6 is 0 Å². The minimum Gasteiger partial charge on any atom is -0.462 e. The average molecular weight is 869 g/mol. The molecule has 4 heterocycles. The Balaban J connectivity index is 1.68. The molecule has 0 amide bonds. The summed E-state index contributed by atoms with van der Waals surface area (Å²) in [6.45, 7) is 18.2. The standard InChI is InChI=1S/C46H80N2O13/c1-13-36-33(24-57-46-44(56-12)43(55-11)40(53)31(8)59-46)19-25(2)14-15-34(49)28(5)20-32(16-17-48-22-26(3)18-27(4)23-48)42(29(6)35(50)21-37(51)60-36)61-45-41(54)38(47(9)10)39(52)30(7)58-45/h14-15,19,26-33,35-36,38-46,50,52-54H,13,16-18,20-24H2,1-12H3/b15-14-,25-19+. The first-order valence-electron chi connectivity index (χ1n) is 22.6. The zero-order valence-electron chi connectivity index (χ0n) is 38.9. The monoisotopic (exact) mass is 869 g/mol. The molecule has 4 aliphatic rings. The molecule has 4 N–H and O–H groups in total. The van der Waals surface area contributed by atoms with Crippen LogP contribution in [0, 0.1) is 35.5 Å². The van der Waals surface area contributed by atoms with Crippen LogP contribution < -0.4 is 0 Å². The Morgan fingerprint density at radius 1 is 0.820 bits per heavy atom. The maximum Gasteiger partial charge on any atom is 0.308 e. The van der Waals surface area contributed by atoms with E-state index in [0.29, 0.717) is 31.1 Å².